The molecule has 0 saturated heterocycles. The average molecular weight is 235 g/mol. The van der Waals surface area contributed by atoms with Crippen LogP contribution in [0.2, 0.25) is 0 Å². The molecule has 0 N–H and O–H groups in total. The zero-order chi connectivity index (χ0) is 9.23. The van der Waals surface area contributed by atoms with Gasteiger partial charge in [-0.2, -0.15) is 0 Å². The Bertz CT molecular complexity index is 102. The van der Waals surface area contributed by atoms with Crippen molar-refractivity contribution in [3.05, 3.63) is 6.92 Å². The molecular weight excluding hydrogens is 211 g/mol. The van der Waals surface area contributed by atoms with Crippen LogP contribution in [0.4, 0.5) is 0 Å². The van der Waals surface area contributed by atoms with E-state index < -0.39 is 0 Å². The van der Waals surface area contributed by atoms with Crippen molar-refractivity contribution in [3.63, 3.8) is 0 Å². The molecule has 0 atom stereocenters. The van der Waals surface area contributed by atoms with Crippen molar-refractivity contribution in [1.29, 1.82) is 0 Å². The quantitative estimate of drug-likeness (QED) is 0.445. The molecule has 0 bridgehead atoms. The van der Waals surface area contributed by atoms with Gasteiger partial charge in [-0.1, -0.05) is 0 Å². The van der Waals surface area contributed by atoms with Gasteiger partial charge in [-0.25, -0.2) is 0 Å². The topological polar surface area (TPSA) is 9.72 Å². The van der Waals surface area contributed by atoms with Crippen molar-refractivity contribution in [2.24, 2.45) is 0 Å². The minimum atomic E-state index is -0.250. The molecule has 1 radical (unpaired) electrons. The summed E-state index contributed by atoms with van der Waals surface area (Å²) in [5.41, 5.74) is 0. The molecule has 3 nitrogen and oxygen atoms in total. The molecular formula is C8H24GeN3. The van der Waals surface area contributed by atoms with Crippen LogP contribution >= 0.6 is 0 Å². The Morgan fingerprint density at radius 3 is 0.917 bits per heavy atom. The van der Waals surface area contributed by atoms with Crippen LogP contribution in [0.3, 0.4) is 0 Å². The Morgan fingerprint density at radius 1 is 0.750 bits per heavy atom. The predicted molar refractivity (Wildman–Crippen MR) is 60.5 cm³/mol. The fourth-order valence-corrected chi connectivity index (χ4v) is 1.20. The maximum atomic E-state index is 4.15. The molecule has 75 valence electrons. The maximum absolute atomic E-state index is 4.15. The molecule has 4 heteroatoms. The SMILES string of the molecule is [CH2]C(N(C)C)(N(C)C)N(C)C.[GeH4]. The molecule has 12 heavy (non-hydrogen) atoms. The van der Waals surface area contributed by atoms with Crippen LogP contribution < -0.4 is 0 Å². The van der Waals surface area contributed by atoms with E-state index >= 15 is 0 Å². The van der Waals surface area contributed by atoms with E-state index in [0.717, 1.165) is 0 Å². The third-order valence-corrected chi connectivity index (χ3v) is 2.15. The second-order valence-corrected chi connectivity index (χ2v) is 3.46. The van der Waals surface area contributed by atoms with Crippen LogP contribution in [-0.4, -0.2) is 80.4 Å². The van der Waals surface area contributed by atoms with Crippen LogP contribution in [0, 0.1) is 6.92 Å². The summed E-state index contributed by atoms with van der Waals surface area (Å²) in [6.45, 7) is 4.15. The van der Waals surface area contributed by atoms with E-state index in [-0.39, 0.29) is 23.4 Å². The van der Waals surface area contributed by atoms with Crippen molar-refractivity contribution in [1.82, 2.24) is 14.7 Å². The van der Waals surface area contributed by atoms with E-state index in [4.69, 9.17) is 0 Å². The Hall–Kier alpha value is 0.423. The second-order valence-electron chi connectivity index (χ2n) is 3.46. The first-order valence-electron chi connectivity index (χ1n) is 3.71. The molecule has 0 aromatic carbocycles. The third kappa shape index (κ3) is 2.73. The minimum absolute atomic E-state index is 0. The van der Waals surface area contributed by atoms with E-state index in [1.165, 1.54) is 0 Å². The molecule has 0 rings (SSSR count). The first-order chi connectivity index (χ1) is 4.83. The van der Waals surface area contributed by atoms with Gasteiger partial charge in [-0.15, -0.1) is 0 Å². The molecule has 0 spiro atoms. The van der Waals surface area contributed by atoms with Crippen LogP contribution in [0.1, 0.15) is 0 Å². The van der Waals surface area contributed by atoms with Crippen LogP contribution in [-0.2, 0) is 0 Å². The fourth-order valence-electron chi connectivity index (χ4n) is 1.20. The number of hydrogen-bond donors (Lipinski definition) is 0. The first-order valence-corrected chi connectivity index (χ1v) is 3.71. The monoisotopic (exact) mass is 236 g/mol. The molecule has 0 amide bonds. The van der Waals surface area contributed by atoms with Gasteiger partial charge in [-0.05, 0) is 49.2 Å². The van der Waals surface area contributed by atoms with E-state index in [1.54, 1.807) is 0 Å². The second kappa shape index (κ2) is 5.22. The van der Waals surface area contributed by atoms with Gasteiger partial charge in [-0.3, -0.25) is 14.7 Å². The van der Waals surface area contributed by atoms with E-state index in [1.807, 2.05) is 42.3 Å². The zero-order valence-corrected chi connectivity index (χ0v) is 8.55. The van der Waals surface area contributed by atoms with Gasteiger partial charge in [0.2, 0.25) is 0 Å². The fraction of sp³-hybridized carbons (Fsp3) is 0.875. The van der Waals surface area contributed by atoms with Crippen molar-refractivity contribution < 1.29 is 0 Å². The summed E-state index contributed by atoms with van der Waals surface area (Å²) in [5.74, 6) is -0.250. The predicted octanol–water partition coefficient (Wildman–Crippen LogP) is -1.29. The molecule has 0 aromatic rings. The number of hydrogen-bond acceptors (Lipinski definition) is 3. The summed E-state index contributed by atoms with van der Waals surface area (Å²) in [4.78, 5) is 6.23. The van der Waals surface area contributed by atoms with Crippen molar-refractivity contribution >= 4 is 17.6 Å². The molecule has 0 saturated carbocycles. The molecule has 0 unspecified atom stereocenters. The van der Waals surface area contributed by atoms with Crippen LogP contribution in [0.25, 0.3) is 0 Å². The van der Waals surface area contributed by atoms with Gasteiger partial charge in [0.15, 0.2) is 0 Å². The van der Waals surface area contributed by atoms with Crippen LogP contribution in [0.5, 0.6) is 0 Å². The summed E-state index contributed by atoms with van der Waals surface area (Å²) < 4.78 is 0. The Morgan fingerprint density at radius 2 is 0.917 bits per heavy atom. The molecule has 0 aromatic heterocycles. The summed E-state index contributed by atoms with van der Waals surface area (Å²) in [6, 6.07) is 0. The Labute approximate surface area is 87.7 Å². The average Bonchev–Trinajstić information content (AvgIpc) is 1.84. The third-order valence-electron chi connectivity index (χ3n) is 2.15. The first kappa shape index (κ1) is 14.9. The van der Waals surface area contributed by atoms with E-state index in [9.17, 15) is 0 Å². The van der Waals surface area contributed by atoms with Gasteiger partial charge in [0.05, 0.1) is 0 Å². The standard InChI is InChI=1S/C8H20N3.GeH4/c1-8(9(2)3,10(4)5)11(6)7;/h1H2,2-7H3;1H4. The summed E-state index contributed by atoms with van der Waals surface area (Å²) >= 11 is 0. The molecule has 0 aliphatic rings. The number of rotatable bonds is 3. The summed E-state index contributed by atoms with van der Waals surface area (Å²) in [7, 11) is 12.1. The van der Waals surface area contributed by atoms with Gasteiger partial charge in [0, 0.05) is 0 Å². The number of nitrogens with zero attached hydrogens (tertiary/aromatic N) is 3. The molecule has 0 aliphatic carbocycles. The van der Waals surface area contributed by atoms with Crippen molar-refractivity contribution in [2.45, 2.75) is 5.79 Å². The molecule has 0 aliphatic heterocycles. The van der Waals surface area contributed by atoms with Crippen molar-refractivity contribution in [2.75, 3.05) is 42.3 Å². The zero-order valence-electron chi connectivity index (χ0n) is 8.55. The van der Waals surface area contributed by atoms with Gasteiger partial charge < -0.3 is 0 Å². The van der Waals surface area contributed by atoms with Gasteiger partial charge in [0.25, 0.3) is 0 Å². The van der Waals surface area contributed by atoms with Crippen LogP contribution in [0.15, 0.2) is 0 Å². The summed E-state index contributed by atoms with van der Waals surface area (Å²) in [6.07, 6.45) is 0. The Kier molecular flexibility index (Phi) is 6.49. The summed E-state index contributed by atoms with van der Waals surface area (Å²) in [5, 5.41) is 0. The van der Waals surface area contributed by atoms with Gasteiger partial charge >= 0.3 is 17.6 Å². The van der Waals surface area contributed by atoms with Crippen molar-refractivity contribution in [3.8, 4) is 0 Å². The van der Waals surface area contributed by atoms with E-state index in [0.29, 0.717) is 0 Å². The molecule has 0 heterocycles. The van der Waals surface area contributed by atoms with E-state index in [2.05, 4.69) is 21.6 Å². The Balaban J connectivity index is 0. The molecule has 0 fully saturated rings. The van der Waals surface area contributed by atoms with Gasteiger partial charge in [0.1, 0.15) is 5.79 Å². The normalized spacial score (nSPS) is 12.5.